The van der Waals surface area contributed by atoms with Crippen LogP contribution in [-0.4, -0.2) is 33.6 Å². The van der Waals surface area contributed by atoms with E-state index in [0.717, 1.165) is 16.0 Å². The highest BCUT2D eigenvalue weighted by Gasteiger charge is 2.65. The van der Waals surface area contributed by atoms with Crippen LogP contribution in [0.4, 0.5) is 0 Å². The molecule has 1 N–H and O–H groups in total. The molecule has 0 radical (unpaired) electrons. The van der Waals surface area contributed by atoms with Crippen molar-refractivity contribution < 1.29 is 28.9 Å². The van der Waals surface area contributed by atoms with E-state index in [2.05, 4.69) is 20.8 Å². The second-order valence-corrected chi connectivity index (χ2v) is 10.4. The van der Waals surface area contributed by atoms with Crippen molar-refractivity contribution in [3.8, 4) is 0 Å². The number of hydrogen-bond donors (Lipinski definition) is 1. The predicted molar refractivity (Wildman–Crippen MR) is 130 cm³/mol. The molecule has 0 aliphatic carbocycles. The average molecular weight is 484 g/mol. The van der Waals surface area contributed by atoms with E-state index < -0.39 is 35.7 Å². The normalized spacial score (nSPS) is 20.9. The Balaban J connectivity index is 1.48. The van der Waals surface area contributed by atoms with Crippen LogP contribution in [0.25, 0.3) is 0 Å². The second kappa shape index (κ2) is 8.52. The molecule has 0 bridgehead atoms. The van der Waals surface area contributed by atoms with Gasteiger partial charge in [-0.05, 0) is 22.6 Å². The van der Waals surface area contributed by atoms with E-state index in [0.29, 0.717) is 16.8 Å². The van der Waals surface area contributed by atoms with E-state index in [1.807, 2.05) is 42.5 Å². The van der Waals surface area contributed by atoms with E-state index >= 15 is 0 Å². The van der Waals surface area contributed by atoms with Crippen molar-refractivity contribution in [2.75, 3.05) is 0 Å². The highest BCUT2D eigenvalue weighted by atomic mass is 16.4. The highest BCUT2D eigenvalue weighted by molar-refractivity contribution is 6.10. The zero-order chi connectivity index (χ0) is 25.8. The number of likely N-dealkylation sites (tertiary alicyclic amines) is 1. The van der Waals surface area contributed by atoms with Crippen molar-refractivity contribution in [2.45, 2.75) is 44.7 Å². The van der Waals surface area contributed by atoms with Gasteiger partial charge < -0.3 is 5.11 Å². The van der Waals surface area contributed by atoms with Crippen LogP contribution in [-0.2, 0) is 26.3 Å². The van der Waals surface area contributed by atoms with E-state index in [1.54, 1.807) is 24.3 Å². The molecule has 3 atom stereocenters. The molecule has 2 amide bonds. The van der Waals surface area contributed by atoms with Gasteiger partial charge >= 0.3 is 5.97 Å². The zero-order valence-electron chi connectivity index (χ0n) is 20.3. The van der Waals surface area contributed by atoms with Crippen LogP contribution in [0.3, 0.4) is 0 Å². The summed E-state index contributed by atoms with van der Waals surface area (Å²) in [5.41, 5.74) is 3.05. The summed E-state index contributed by atoms with van der Waals surface area (Å²) >= 11 is 0. The number of ketones is 1. The fraction of sp³-hybridized carbons (Fsp3) is 0.276. The summed E-state index contributed by atoms with van der Waals surface area (Å²) in [6.45, 7) is 6.37. The topological polar surface area (TPSA) is 95.6 Å². The molecule has 0 spiro atoms. The molecule has 1 aromatic heterocycles. The summed E-state index contributed by atoms with van der Waals surface area (Å²) in [7, 11) is 0. The molecule has 1 saturated heterocycles. The minimum atomic E-state index is -1.27. The molecule has 2 aromatic carbocycles. The second-order valence-electron chi connectivity index (χ2n) is 10.4. The number of hydrogen-bond acceptors (Lipinski definition) is 4. The Labute approximate surface area is 209 Å². The van der Waals surface area contributed by atoms with Gasteiger partial charge in [0.25, 0.3) is 6.04 Å². The van der Waals surface area contributed by atoms with Gasteiger partial charge in [-0.3, -0.25) is 19.3 Å². The fourth-order valence-corrected chi connectivity index (χ4v) is 5.20. The third kappa shape index (κ3) is 3.81. The smallest absolute Gasteiger partial charge is 0.374 e. The van der Waals surface area contributed by atoms with E-state index in [4.69, 9.17) is 0 Å². The molecule has 5 rings (SSSR count). The van der Waals surface area contributed by atoms with Gasteiger partial charge in [0.2, 0.25) is 11.8 Å². The minimum Gasteiger partial charge on any atom is -0.476 e. The third-order valence-corrected chi connectivity index (χ3v) is 7.12. The first kappa shape index (κ1) is 23.6. The molecule has 36 heavy (non-hydrogen) atoms. The Kier molecular flexibility index (Phi) is 5.58. The van der Waals surface area contributed by atoms with Crippen LogP contribution in [0.15, 0.2) is 72.9 Å². The lowest BCUT2D eigenvalue weighted by atomic mass is 9.86. The lowest BCUT2D eigenvalue weighted by Crippen LogP contribution is -2.48. The number of aromatic nitrogens is 1. The number of aliphatic carboxylic acids is 1. The number of amides is 2. The van der Waals surface area contributed by atoms with Crippen molar-refractivity contribution in [1.29, 1.82) is 0 Å². The van der Waals surface area contributed by atoms with Crippen LogP contribution in [0, 0.1) is 5.92 Å². The van der Waals surface area contributed by atoms with Crippen molar-refractivity contribution in [3.05, 3.63) is 101 Å². The van der Waals surface area contributed by atoms with Gasteiger partial charge in [-0.2, -0.15) is 4.57 Å². The fourth-order valence-electron chi connectivity index (χ4n) is 5.20. The van der Waals surface area contributed by atoms with Crippen molar-refractivity contribution in [3.63, 3.8) is 0 Å². The SMILES string of the molecule is CC(C)(C)c1ccc(C(=O)c2ccc3[n+](c2)[C@H](C(=O)O)[C@H]2C(=O)N(Cc4ccccc4)C(=O)[C@@H]32)cc1. The first-order chi connectivity index (χ1) is 17.1. The molecule has 2 aliphatic heterocycles. The molecule has 0 unspecified atom stereocenters. The van der Waals surface area contributed by atoms with Crippen LogP contribution >= 0.6 is 0 Å². The van der Waals surface area contributed by atoms with Crippen molar-refractivity contribution >= 4 is 23.6 Å². The van der Waals surface area contributed by atoms with Gasteiger partial charge in [0.1, 0.15) is 11.8 Å². The number of benzene rings is 2. The quantitative estimate of drug-likeness (QED) is 0.341. The number of carboxylic acids is 1. The maximum absolute atomic E-state index is 13.3. The first-order valence-electron chi connectivity index (χ1n) is 11.9. The van der Waals surface area contributed by atoms with E-state index in [1.165, 1.54) is 10.8 Å². The Hall–Kier alpha value is -4.13. The molecule has 1 fully saturated rings. The predicted octanol–water partition coefficient (Wildman–Crippen LogP) is 3.41. The molecule has 7 heteroatoms. The zero-order valence-corrected chi connectivity index (χ0v) is 20.3. The Morgan fingerprint density at radius 2 is 1.53 bits per heavy atom. The first-order valence-corrected chi connectivity index (χ1v) is 11.9. The van der Waals surface area contributed by atoms with Crippen molar-refractivity contribution in [2.24, 2.45) is 5.92 Å². The average Bonchev–Trinajstić information content (AvgIpc) is 3.31. The summed E-state index contributed by atoms with van der Waals surface area (Å²) < 4.78 is 1.42. The number of carbonyl (C=O) groups is 4. The Morgan fingerprint density at radius 1 is 0.889 bits per heavy atom. The Bertz CT molecular complexity index is 1390. The van der Waals surface area contributed by atoms with Gasteiger partial charge in [-0.1, -0.05) is 75.4 Å². The summed E-state index contributed by atoms with van der Waals surface area (Å²) in [6, 6.07) is 18.4. The van der Waals surface area contributed by atoms with Gasteiger partial charge in [-0.15, -0.1) is 0 Å². The molecule has 3 aromatic rings. The monoisotopic (exact) mass is 483 g/mol. The maximum Gasteiger partial charge on any atom is 0.374 e. The standard InChI is InChI=1S/C29H26N2O5/c1-29(2,3)20-12-9-18(10-13-20)25(32)19-11-14-21-22-23(24(28(35)36)30(21)16-19)27(34)31(26(22)33)15-17-7-5-4-6-8-17/h4-14,16,22-24H,15H2,1-3H3/p+1/t22-,23-,24-/m0/s1. The maximum atomic E-state index is 13.3. The van der Waals surface area contributed by atoms with Gasteiger partial charge in [0, 0.05) is 11.6 Å². The molecular formula is C29H27N2O5+. The van der Waals surface area contributed by atoms with Crippen LogP contribution in [0.5, 0.6) is 0 Å². The number of carbonyl (C=O) groups excluding carboxylic acids is 3. The van der Waals surface area contributed by atoms with Crippen molar-refractivity contribution in [1.82, 2.24) is 4.90 Å². The minimum absolute atomic E-state index is 0.0506. The third-order valence-electron chi connectivity index (χ3n) is 7.12. The Morgan fingerprint density at radius 3 is 2.14 bits per heavy atom. The summed E-state index contributed by atoms with van der Waals surface area (Å²) in [4.78, 5) is 53.3. The lowest BCUT2D eigenvalue weighted by Gasteiger charge is -2.19. The van der Waals surface area contributed by atoms with Crippen LogP contribution < -0.4 is 4.57 Å². The number of nitrogens with zero attached hydrogens (tertiary/aromatic N) is 2. The number of rotatable bonds is 5. The lowest BCUT2D eigenvalue weighted by molar-refractivity contribution is -0.707. The van der Waals surface area contributed by atoms with Gasteiger partial charge in [0.15, 0.2) is 17.7 Å². The summed E-state index contributed by atoms with van der Waals surface area (Å²) in [6.07, 6.45) is 1.47. The molecule has 2 aliphatic rings. The number of imide groups is 1. The van der Waals surface area contributed by atoms with Crippen LogP contribution in [0.2, 0.25) is 0 Å². The largest absolute Gasteiger partial charge is 0.476 e. The van der Waals surface area contributed by atoms with E-state index in [9.17, 15) is 24.3 Å². The molecule has 0 saturated carbocycles. The molecule has 182 valence electrons. The number of carboxylic acid groups (broad SMARTS) is 1. The van der Waals surface area contributed by atoms with Gasteiger partial charge in [0.05, 0.1) is 12.1 Å². The highest BCUT2D eigenvalue weighted by Crippen LogP contribution is 2.44. The molecule has 3 heterocycles. The van der Waals surface area contributed by atoms with Crippen LogP contribution in [0.1, 0.15) is 65.5 Å². The molecular weight excluding hydrogens is 456 g/mol. The molecule has 7 nitrogen and oxygen atoms in total. The summed E-state index contributed by atoms with van der Waals surface area (Å²) in [5, 5.41) is 10.1. The van der Waals surface area contributed by atoms with E-state index in [-0.39, 0.29) is 17.7 Å². The number of pyridine rings is 1. The van der Waals surface area contributed by atoms with Gasteiger partial charge in [-0.25, -0.2) is 4.79 Å². The number of fused-ring (bicyclic) bond motifs is 3. The summed E-state index contributed by atoms with van der Waals surface area (Å²) in [5.74, 6) is -4.32.